The number of aromatic amines is 1. The molecule has 6 nitrogen and oxygen atoms in total. The Balaban J connectivity index is 2.22. The van der Waals surface area contributed by atoms with Crippen LogP contribution in [0.3, 0.4) is 0 Å². The molecule has 1 saturated carbocycles. The quantitative estimate of drug-likeness (QED) is 0.656. The van der Waals surface area contributed by atoms with Crippen LogP contribution >= 0.6 is 0 Å². The molecule has 0 spiro atoms. The molecule has 0 radical (unpaired) electrons. The van der Waals surface area contributed by atoms with E-state index in [1.54, 1.807) is 17.7 Å². The molecule has 0 amide bonds. The second-order valence-corrected chi connectivity index (χ2v) is 4.67. The summed E-state index contributed by atoms with van der Waals surface area (Å²) in [4.78, 5) is 25.3. The van der Waals surface area contributed by atoms with Crippen LogP contribution in [0.1, 0.15) is 30.9 Å². The largest absolute Gasteiger partial charge is 0.328 e. The Morgan fingerprint density at radius 1 is 1.53 bits per heavy atom. The molecule has 0 aromatic carbocycles. The third-order valence-electron chi connectivity index (χ3n) is 3.43. The highest BCUT2D eigenvalue weighted by Gasteiger charge is 2.26. The number of rotatable bonds is 3. The van der Waals surface area contributed by atoms with Gasteiger partial charge in [0.15, 0.2) is 0 Å². The first-order valence-corrected chi connectivity index (χ1v) is 5.81. The van der Waals surface area contributed by atoms with Crippen LogP contribution in [0.25, 0.3) is 0 Å². The first-order valence-electron chi connectivity index (χ1n) is 5.81. The summed E-state index contributed by atoms with van der Waals surface area (Å²) < 4.78 is 1.61. The lowest BCUT2D eigenvalue weighted by Gasteiger charge is -2.14. The van der Waals surface area contributed by atoms with Crippen molar-refractivity contribution in [3.8, 4) is 0 Å². The van der Waals surface area contributed by atoms with Gasteiger partial charge in [-0.15, -0.1) is 0 Å². The Morgan fingerprint density at radius 2 is 2.29 bits per heavy atom. The van der Waals surface area contributed by atoms with Crippen molar-refractivity contribution in [1.29, 1.82) is 0 Å². The third kappa shape index (κ3) is 2.48. The SMILES string of the molecule is Cc1cn([C@H]2CC[C@@H](CNO)C2)c(=O)[nH]c1=O. The molecule has 0 aliphatic heterocycles. The maximum absolute atomic E-state index is 11.7. The van der Waals surface area contributed by atoms with Gasteiger partial charge in [0.05, 0.1) is 0 Å². The van der Waals surface area contributed by atoms with Crippen molar-refractivity contribution >= 4 is 0 Å². The minimum absolute atomic E-state index is 0.122. The van der Waals surface area contributed by atoms with Crippen LogP contribution in [0.2, 0.25) is 0 Å². The standard InChI is InChI=1S/C11H17N3O3/c1-7-6-14(11(16)13-10(7)15)9-3-2-8(4-9)5-12-17/h6,8-9,12,17H,2-5H2,1H3,(H,13,15,16)/t8-,9+/m1/s1. The summed E-state index contributed by atoms with van der Waals surface area (Å²) in [6.07, 6.45) is 4.35. The summed E-state index contributed by atoms with van der Waals surface area (Å²) in [5.74, 6) is 0.379. The first-order chi connectivity index (χ1) is 8.11. The van der Waals surface area contributed by atoms with Gasteiger partial charge in [0, 0.05) is 24.3 Å². The summed E-state index contributed by atoms with van der Waals surface area (Å²) in [5.41, 5.74) is 2.06. The molecule has 0 unspecified atom stereocenters. The van der Waals surface area contributed by atoms with E-state index in [1.807, 2.05) is 0 Å². The molecule has 1 heterocycles. The molecule has 2 atom stereocenters. The van der Waals surface area contributed by atoms with Crippen LogP contribution in [0.5, 0.6) is 0 Å². The molecule has 1 aromatic heterocycles. The van der Waals surface area contributed by atoms with Crippen molar-refractivity contribution in [2.45, 2.75) is 32.2 Å². The summed E-state index contributed by atoms with van der Waals surface area (Å²) in [6, 6.07) is 0.122. The fourth-order valence-electron chi connectivity index (χ4n) is 2.47. The molecular weight excluding hydrogens is 222 g/mol. The van der Waals surface area contributed by atoms with Gasteiger partial charge < -0.3 is 5.21 Å². The molecule has 2 rings (SSSR count). The van der Waals surface area contributed by atoms with Gasteiger partial charge in [0.1, 0.15) is 0 Å². The molecule has 1 aliphatic rings. The second-order valence-electron chi connectivity index (χ2n) is 4.67. The number of hydrogen-bond acceptors (Lipinski definition) is 4. The zero-order valence-corrected chi connectivity index (χ0v) is 9.77. The van der Waals surface area contributed by atoms with E-state index in [4.69, 9.17) is 5.21 Å². The number of H-pyrrole nitrogens is 1. The van der Waals surface area contributed by atoms with Crippen molar-refractivity contribution in [3.05, 3.63) is 32.6 Å². The highest BCUT2D eigenvalue weighted by molar-refractivity contribution is 5.02. The molecule has 0 bridgehead atoms. The van der Waals surface area contributed by atoms with Gasteiger partial charge in [-0.05, 0) is 32.1 Å². The lowest BCUT2D eigenvalue weighted by Crippen LogP contribution is -2.32. The number of aryl methyl sites for hydroxylation is 1. The van der Waals surface area contributed by atoms with Crippen molar-refractivity contribution in [2.75, 3.05) is 6.54 Å². The average Bonchev–Trinajstić information content (AvgIpc) is 2.72. The predicted molar refractivity (Wildman–Crippen MR) is 62.2 cm³/mol. The van der Waals surface area contributed by atoms with E-state index in [-0.39, 0.29) is 17.3 Å². The molecule has 17 heavy (non-hydrogen) atoms. The molecule has 3 N–H and O–H groups in total. The molecule has 0 saturated heterocycles. The zero-order chi connectivity index (χ0) is 12.4. The lowest BCUT2D eigenvalue weighted by molar-refractivity contribution is 0.148. The molecule has 1 fully saturated rings. The Hall–Kier alpha value is -1.40. The van der Waals surface area contributed by atoms with Crippen molar-refractivity contribution in [2.24, 2.45) is 5.92 Å². The van der Waals surface area contributed by atoms with Gasteiger partial charge in [-0.1, -0.05) is 0 Å². The lowest BCUT2D eigenvalue weighted by atomic mass is 10.1. The van der Waals surface area contributed by atoms with Crippen LogP contribution < -0.4 is 16.7 Å². The number of aromatic nitrogens is 2. The van der Waals surface area contributed by atoms with Gasteiger partial charge in [-0.3, -0.25) is 14.3 Å². The van der Waals surface area contributed by atoms with E-state index in [0.29, 0.717) is 18.0 Å². The Bertz CT molecular complexity index is 505. The molecule has 6 heteroatoms. The van der Waals surface area contributed by atoms with Crippen LogP contribution in [-0.2, 0) is 0 Å². The normalized spacial score (nSPS) is 24.1. The van der Waals surface area contributed by atoms with Gasteiger partial charge >= 0.3 is 5.69 Å². The van der Waals surface area contributed by atoms with E-state index in [2.05, 4.69) is 10.5 Å². The van der Waals surface area contributed by atoms with E-state index in [0.717, 1.165) is 19.3 Å². The van der Waals surface area contributed by atoms with E-state index in [9.17, 15) is 9.59 Å². The topological polar surface area (TPSA) is 87.1 Å². The monoisotopic (exact) mass is 239 g/mol. The Kier molecular flexibility index (Phi) is 3.44. The van der Waals surface area contributed by atoms with Crippen molar-refractivity contribution in [1.82, 2.24) is 15.0 Å². The summed E-state index contributed by atoms with van der Waals surface area (Å²) >= 11 is 0. The number of nitrogens with zero attached hydrogens (tertiary/aromatic N) is 1. The number of nitrogens with one attached hydrogen (secondary N) is 2. The molecule has 1 aliphatic carbocycles. The Morgan fingerprint density at radius 3 is 3.00 bits per heavy atom. The van der Waals surface area contributed by atoms with Crippen molar-refractivity contribution in [3.63, 3.8) is 0 Å². The maximum Gasteiger partial charge on any atom is 0.328 e. The minimum atomic E-state index is -0.344. The highest BCUT2D eigenvalue weighted by Crippen LogP contribution is 2.32. The minimum Gasteiger partial charge on any atom is -0.317 e. The van der Waals surface area contributed by atoms with Crippen LogP contribution in [0, 0.1) is 12.8 Å². The number of hydrogen-bond donors (Lipinski definition) is 3. The van der Waals surface area contributed by atoms with E-state index >= 15 is 0 Å². The summed E-state index contributed by atoms with van der Waals surface area (Å²) in [6.45, 7) is 2.24. The van der Waals surface area contributed by atoms with Gasteiger partial charge in [-0.2, -0.15) is 0 Å². The second kappa shape index (κ2) is 4.85. The van der Waals surface area contributed by atoms with E-state index in [1.165, 1.54) is 0 Å². The zero-order valence-electron chi connectivity index (χ0n) is 9.77. The first kappa shape index (κ1) is 12.1. The van der Waals surface area contributed by atoms with Crippen LogP contribution in [0.4, 0.5) is 0 Å². The molecule has 1 aromatic rings. The van der Waals surface area contributed by atoms with Gasteiger partial charge in [-0.25, -0.2) is 10.3 Å². The van der Waals surface area contributed by atoms with Crippen LogP contribution in [-0.4, -0.2) is 21.3 Å². The fraction of sp³-hybridized carbons (Fsp3) is 0.636. The maximum atomic E-state index is 11.7. The third-order valence-corrected chi connectivity index (χ3v) is 3.43. The Labute approximate surface area is 98.3 Å². The number of hydroxylamine groups is 1. The van der Waals surface area contributed by atoms with E-state index < -0.39 is 0 Å². The highest BCUT2D eigenvalue weighted by atomic mass is 16.5. The van der Waals surface area contributed by atoms with Crippen LogP contribution in [0.15, 0.2) is 15.8 Å². The molecule has 94 valence electrons. The smallest absolute Gasteiger partial charge is 0.317 e. The fourth-order valence-corrected chi connectivity index (χ4v) is 2.47. The summed E-state index contributed by atoms with van der Waals surface area (Å²) in [7, 11) is 0. The van der Waals surface area contributed by atoms with Crippen molar-refractivity contribution < 1.29 is 5.21 Å². The average molecular weight is 239 g/mol. The predicted octanol–water partition coefficient (Wildman–Crippen LogP) is 0.165. The van der Waals surface area contributed by atoms with Gasteiger partial charge in [0.25, 0.3) is 5.56 Å². The summed E-state index contributed by atoms with van der Waals surface area (Å²) in [5, 5.41) is 8.65. The van der Waals surface area contributed by atoms with Gasteiger partial charge in [0.2, 0.25) is 0 Å². The molecular formula is C11H17N3O3.